The summed E-state index contributed by atoms with van der Waals surface area (Å²) in [5.74, 6) is -1.42. The van der Waals surface area contributed by atoms with E-state index in [-0.39, 0.29) is 12.0 Å². The van der Waals surface area contributed by atoms with E-state index in [0.717, 1.165) is 43.7 Å². The van der Waals surface area contributed by atoms with Gasteiger partial charge < -0.3 is 0 Å². The number of hydrogen-bond donors (Lipinski definition) is 0. The van der Waals surface area contributed by atoms with Gasteiger partial charge in [-0.3, -0.25) is 4.79 Å². The van der Waals surface area contributed by atoms with Crippen molar-refractivity contribution in [3.63, 3.8) is 0 Å². The molecule has 1 atom stereocenters. The topological polar surface area (TPSA) is 17.1 Å². The average molecular weight is 342 g/mol. The monoisotopic (exact) mass is 342 g/mol. The zero-order valence-corrected chi connectivity index (χ0v) is 14.0. The number of carbonyl (C=O) groups is 1. The highest BCUT2D eigenvalue weighted by molar-refractivity contribution is 5.99. The van der Waals surface area contributed by atoms with Gasteiger partial charge in [0.25, 0.3) is 0 Å². The first-order chi connectivity index (χ1) is 11.2. The zero-order chi connectivity index (χ0) is 17.9. The van der Waals surface area contributed by atoms with E-state index in [1.54, 1.807) is 0 Å². The number of ketones is 1. The molecule has 0 aliphatic heterocycles. The molecule has 1 nitrogen and oxygen atoms in total. The van der Waals surface area contributed by atoms with Crippen molar-refractivity contribution in [3.8, 4) is 0 Å². The van der Waals surface area contributed by atoms with Crippen LogP contribution in [-0.2, 0) is 6.18 Å². The number of rotatable bonds is 5. The molecule has 0 fully saturated rings. The lowest BCUT2D eigenvalue weighted by Gasteiger charge is -2.21. The SMILES string of the molecule is CCCC1CC=C(CC(=O)c2ccc(C)c(F)c2C(F)(F)F)CC1. The van der Waals surface area contributed by atoms with E-state index in [9.17, 15) is 22.4 Å². The molecule has 0 spiro atoms. The Bertz CT molecular complexity index is 644. The Balaban J connectivity index is 2.21. The maximum absolute atomic E-state index is 13.9. The predicted octanol–water partition coefficient (Wildman–Crippen LogP) is 6.25. The molecule has 5 heteroatoms. The summed E-state index contributed by atoms with van der Waals surface area (Å²) in [6.07, 6.45) is 1.81. The van der Waals surface area contributed by atoms with Crippen molar-refractivity contribution in [1.82, 2.24) is 0 Å². The Morgan fingerprint density at radius 1 is 1.29 bits per heavy atom. The number of carbonyl (C=O) groups excluding carboxylic acids is 1. The Labute approximate surface area is 139 Å². The van der Waals surface area contributed by atoms with Gasteiger partial charge in [0.1, 0.15) is 11.4 Å². The molecule has 24 heavy (non-hydrogen) atoms. The van der Waals surface area contributed by atoms with Crippen molar-refractivity contribution in [2.75, 3.05) is 0 Å². The van der Waals surface area contributed by atoms with Crippen LogP contribution in [0.5, 0.6) is 0 Å². The summed E-state index contributed by atoms with van der Waals surface area (Å²) >= 11 is 0. The van der Waals surface area contributed by atoms with Crippen molar-refractivity contribution < 1.29 is 22.4 Å². The average Bonchev–Trinajstić information content (AvgIpc) is 2.50. The highest BCUT2D eigenvalue weighted by Crippen LogP contribution is 2.37. The third-order valence-corrected chi connectivity index (χ3v) is 4.62. The normalized spacial score (nSPS) is 18.4. The lowest BCUT2D eigenvalue weighted by Crippen LogP contribution is -2.17. The molecule has 1 unspecified atom stereocenters. The van der Waals surface area contributed by atoms with Gasteiger partial charge in [-0.15, -0.1) is 0 Å². The van der Waals surface area contributed by atoms with Gasteiger partial charge >= 0.3 is 6.18 Å². The molecule has 132 valence electrons. The van der Waals surface area contributed by atoms with E-state index in [1.165, 1.54) is 13.0 Å². The fourth-order valence-electron chi connectivity index (χ4n) is 3.26. The van der Waals surface area contributed by atoms with Gasteiger partial charge in [-0.2, -0.15) is 13.2 Å². The highest BCUT2D eigenvalue weighted by atomic mass is 19.4. The van der Waals surface area contributed by atoms with Crippen LogP contribution in [0.2, 0.25) is 0 Å². The van der Waals surface area contributed by atoms with Gasteiger partial charge in [0.2, 0.25) is 0 Å². The fraction of sp³-hybridized carbons (Fsp3) is 0.526. The third kappa shape index (κ3) is 4.25. The van der Waals surface area contributed by atoms with Crippen LogP contribution >= 0.6 is 0 Å². The number of aryl methyl sites for hydroxylation is 1. The first-order valence-corrected chi connectivity index (χ1v) is 8.31. The second-order valence-corrected chi connectivity index (χ2v) is 6.51. The summed E-state index contributed by atoms with van der Waals surface area (Å²) in [4.78, 5) is 12.3. The van der Waals surface area contributed by atoms with Crippen molar-refractivity contribution >= 4 is 5.78 Å². The van der Waals surface area contributed by atoms with Crippen LogP contribution in [0, 0.1) is 18.7 Å². The molecule has 0 aromatic heterocycles. The first kappa shape index (κ1) is 18.7. The molecule has 0 bridgehead atoms. The van der Waals surface area contributed by atoms with E-state index in [0.29, 0.717) is 5.92 Å². The summed E-state index contributed by atoms with van der Waals surface area (Å²) in [5.41, 5.74) is -1.26. The van der Waals surface area contributed by atoms with Crippen LogP contribution in [0.15, 0.2) is 23.8 Å². The lowest BCUT2D eigenvalue weighted by atomic mass is 9.84. The van der Waals surface area contributed by atoms with Gasteiger partial charge in [-0.25, -0.2) is 4.39 Å². The van der Waals surface area contributed by atoms with E-state index >= 15 is 0 Å². The molecule has 1 aliphatic carbocycles. The second-order valence-electron chi connectivity index (χ2n) is 6.51. The number of halogens is 4. The number of Topliss-reactive ketones (excluding diaryl/α,β-unsaturated/α-hetero) is 1. The lowest BCUT2D eigenvalue weighted by molar-refractivity contribution is -0.140. The van der Waals surface area contributed by atoms with E-state index in [4.69, 9.17) is 0 Å². The highest BCUT2D eigenvalue weighted by Gasteiger charge is 2.39. The molecule has 0 saturated heterocycles. The van der Waals surface area contributed by atoms with Crippen molar-refractivity contribution in [1.29, 1.82) is 0 Å². The molecule has 1 aliphatic rings. The summed E-state index contributed by atoms with van der Waals surface area (Å²) < 4.78 is 53.4. The van der Waals surface area contributed by atoms with Gasteiger partial charge in [0.15, 0.2) is 5.78 Å². The molecule has 0 saturated carbocycles. The number of allylic oxidation sites excluding steroid dienone is 2. The first-order valence-electron chi connectivity index (χ1n) is 8.31. The zero-order valence-electron chi connectivity index (χ0n) is 14.0. The Morgan fingerprint density at radius 3 is 2.54 bits per heavy atom. The van der Waals surface area contributed by atoms with E-state index in [2.05, 4.69) is 6.92 Å². The quantitative estimate of drug-likeness (QED) is 0.351. The van der Waals surface area contributed by atoms with Crippen LogP contribution < -0.4 is 0 Å². The Kier molecular flexibility index (Phi) is 5.83. The maximum atomic E-state index is 13.9. The number of hydrogen-bond acceptors (Lipinski definition) is 1. The second kappa shape index (κ2) is 7.49. The summed E-state index contributed by atoms with van der Waals surface area (Å²) in [6, 6.07) is 2.32. The van der Waals surface area contributed by atoms with E-state index in [1.807, 2.05) is 6.08 Å². The number of alkyl halides is 3. The fourth-order valence-corrected chi connectivity index (χ4v) is 3.26. The third-order valence-electron chi connectivity index (χ3n) is 4.62. The van der Waals surface area contributed by atoms with E-state index < -0.39 is 28.9 Å². The van der Waals surface area contributed by atoms with Crippen LogP contribution in [-0.4, -0.2) is 5.78 Å². The standard InChI is InChI=1S/C19H22F4O/c1-3-4-13-6-8-14(9-7-13)11-16(24)15-10-5-12(2)18(20)17(15)19(21,22)23/h5,8,10,13H,3-4,6-7,9,11H2,1-2H3. The minimum Gasteiger partial charge on any atom is -0.294 e. The molecule has 2 rings (SSSR count). The van der Waals surface area contributed by atoms with Gasteiger partial charge in [0.05, 0.1) is 0 Å². The van der Waals surface area contributed by atoms with Crippen molar-refractivity contribution in [2.24, 2.45) is 5.92 Å². The molecule has 1 aromatic carbocycles. The van der Waals surface area contributed by atoms with Gasteiger partial charge in [0, 0.05) is 12.0 Å². The number of benzene rings is 1. The van der Waals surface area contributed by atoms with Crippen LogP contribution in [0.4, 0.5) is 17.6 Å². The summed E-state index contributed by atoms with van der Waals surface area (Å²) in [7, 11) is 0. The van der Waals surface area contributed by atoms with Crippen molar-refractivity contribution in [3.05, 3.63) is 46.3 Å². The molecular weight excluding hydrogens is 320 g/mol. The predicted molar refractivity (Wildman–Crippen MR) is 85.4 cm³/mol. The molecule has 0 amide bonds. The maximum Gasteiger partial charge on any atom is 0.419 e. The molecule has 0 radical (unpaired) electrons. The van der Waals surface area contributed by atoms with Gasteiger partial charge in [-0.1, -0.05) is 43.5 Å². The minimum atomic E-state index is -4.88. The van der Waals surface area contributed by atoms with Crippen molar-refractivity contribution in [2.45, 2.75) is 58.5 Å². The van der Waals surface area contributed by atoms with Crippen LogP contribution in [0.1, 0.15) is 66.9 Å². The Hall–Kier alpha value is -1.65. The largest absolute Gasteiger partial charge is 0.419 e. The van der Waals surface area contributed by atoms with Gasteiger partial charge in [-0.05, 0) is 37.7 Å². The summed E-state index contributed by atoms with van der Waals surface area (Å²) in [5, 5.41) is 0. The van der Waals surface area contributed by atoms with Crippen LogP contribution in [0.25, 0.3) is 0 Å². The molecular formula is C19H22F4O. The minimum absolute atomic E-state index is 0.0651. The van der Waals surface area contributed by atoms with Crippen LogP contribution in [0.3, 0.4) is 0 Å². The molecule has 0 N–H and O–H groups in total. The molecule has 1 aromatic rings. The molecule has 0 heterocycles. The summed E-state index contributed by atoms with van der Waals surface area (Å²) in [6.45, 7) is 3.38. The Morgan fingerprint density at radius 2 is 2.00 bits per heavy atom. The smallest absolute Gasteiger partial charge is 0.294 e.